The van der Waals surface area contributed by atoms with Gasteiger partial charge in [0.1, 0.15) is 11.3 Å². The number of hydrogen-bond acceptors (Lipinski definition) is 4. The van der Waals surface area contributed by atoms with Gasteiger partial charge in [0.2, 0.25) is 11.8 Å². The van der Waals surface area contributed by atoms with Crippen molar-refractivity contribution >= 4 is 22.8 Å². The molecule has 2 aromatic rings. The Labute approximate surface area is 134 Å². The summed E-state index contributed by atoms with van der Waals surface area (Å²) in [6.45, 7) is 1.09. The van der Waals surface area contributed by atoms with E-state index in [1.807, 2.05) is 12.1 Å². The lowest BCUT2D eigenvalue weighted by Gasteiger charge is -2.31. The number of methoxy groups -OCH3 is 1. The number of fused-ring (bicyclic) bond motifs is 1. The second-order valence-corrected chi connectivity index (χ2v) is 5.88. The molecule has 1 aromatic heterocycles. The number of benzene rings is 1. The minimum absolute atomic E-state index is 0.00512. The van der Waals surface area contributed by atoms with Crippen LogP contribution in [-0.2, 0) is 16.0 Å². The highest BCUT2D eigenvalue weighted by molar-refractivity contribution is 5.88. The first-order valence-electron chi connectivity index (χ1n) is 7.69. The van der Waals surface area contributed by atoms with E-state index >= 15 is 0 Å². The molecule has 0 saturated carbocycles. The SMILES string of the molecule is COc1ccc2c(CC(=O)N3CCCC(C(N)=O)C3)coc2c1. The van der Waals surface area contributed by atoms with Gasteiger partial charge in [0, 0.05) is 30.1 Å². The van der Waals surface area contributed by atoms with E-state index in [1.165, 1.54) is 0 Å². The largest absolute Gasteiger partial charge is 0.497 e. The molecular formula is C17H20N2O4. The molecule has 23 heavy (non-hydrogen) atoms. The summed E-state index contributed by atoms with van der Waals surface area (Å²) in [4.78, 5) is 25.6. The molecule has 6 nitrogen and oxygen atoms in total. The highest BCUT2D eigenvalue weighted by Crippen LogP contribution is 2.26. The van der Waals surface area contributed by atoms with Crippen LogP contribution in [0.25, 0.3) is 11.0 Å². The number of nitrogens with zero attached hydrogens (tertiary/aromatic N) is 1. The standard InChI is InChI=1S/C17H20N2O4/c1-22-13-4-5-14-12(10-23-15(14)8-13)7-16(20)19-6-2-3-11(9-19)17(18)21/h4-5,8,10-11H,2-3,6-7,9H2,1H3,(H2,18,21). The van der Waals surface area contributed by atoms with Crippen molar-refractivity contribution in [2.45, 2.75) is 19.3 Å². The molecule has 0 radical (unpaired) electrons. The fraction of sp³-hybridized carbons (Fsp3) is 0.412. The van der Waals surface area contributed by atoms with E-state index in [2.05, 4.69) is 0 Å². The van der Waals surface area contributed by atoms with Crippen molar-refractivity contribution in [3.05, 3.63) is 30.0 Å². The summed E-state index contributed by atoms with van der Waals surface area (Å²) in [5, 5.41) is 0.905. The van der Waals surface area contributed by atoms with Gasteiger partial charge in [-0.2, -0.15) is 0 Å². The van der Waals surface area contributed by atoms with Gasteiger partial charge in [0.25, 0.3) is 0 Å². The summed E-state index contributed by atoms with van der Waals surface area (Å²) in [6.07, 6.45) is 3.43. The van der Waals surface area contributed by atoms with E-state index < -0.39 is 0 Å². The molecule has 1 fully saturated rings. The maximum Gasteiger partial charge on any atom is 0.227 e. The second-order valence-electron chi connectivity index (χ2n) is 5.88. The van der Waals surface area contributed by atoms with Crippen molar-refractivity contribution in [3.8, 4) is 5.75 Å². The zero-order chi connectivity index (χ0) is 16.4. The number of carbonyl (C=O) groups excluding carboxylic acids is 2. The van der Waals surface area contributed by atoms with Crippen LogP contribution in [0.2, 0.25) is 0 Å². The number of primary amides is 1. The summed E-state index contributed by atoms with van der Waals surface area (Å²) in [5.41, 5.74) is 6.90. The monoisotopic (exact) mass is 316 g/mol. The van der Waals surface area contributed by atoms with Crippen LogP contribution in [0.1, 0.15) is 18.4 Å². The van der Waals surface area contributed by atoms with Crippen molar-refractivity contribution < 1.29 is 18.7 Å². The fourth-order valence-corrected chi connectivity index (χ4v) is 3.04. The van der Waals surface area contributed by atoms with Crippen molar-refractivity contribution in [2.24, 2.45) is 11.7 Å². The molecular weight excluding hydrogens is 296 g/mol. The van der Waals surface area contributed by atoms with E-state index in [4.69, 9.17) is 14.9 Å². The lowest BCUT2D eigenvalue weighted by atomic mass is 9.97. The molecule has 6 heteroatoms. The number of piperidine rings is 1. The van der Waals surface area contributed by atoms with Crippen LogP contribution in [0, 0.1) is 5.92 Å². The van der Waals surface area contributed by atoms with Crippen LogP contribution in [-0.4, -0.2) is 36.9 Å². The molecule has 0 aliphatic carbocycles. The molecule has 1 aliphatic rings. The first-order chi connectivity index (χ1) is 11.1. The number of hydrogen-bond donors (Lipinski definition) is 1. The van der Waals surface area contributed by atoms with Gasteiger partial charge < -0.3 is 19.8 Å². The average Bonchev–Trinajstić information content (AvgIpc) is 2.97. The third kappa shape index (κ3) is 3.16. The maximum atomic E-state index is 12.5. The van der Waals surface area contributed by atoms with Gasteiger partial charge in [-0.15, -0.1) is 0 Å². The summed E-state index contributed by atoms with van der Waals surface area (Å²) < 4.78 is 10.7. The van der Waals surface area contributed by atoms with Crippen LogP contribution >= 0.6 is 0 Å². The Bertz CT molecular complexity index is 737. The van der Waals surface area contributed by atoms with Gasteiger partial charge in [-0.1, -0.05) is 0 Å². The van der Waals surface area contributed by atoms with Crippen LogP contribution in [0.5, 0.6) is 5.75 Å². The van der Waals surface area contributed by atoms with Gasteiger partial charge in [-0.25, -0.2) is 0 Å². The molecule has 122 valence electrons. The number of nitrogens with two attached hydrogens (primary N) is 1. The fourth-order valence-electron chi connectivity index (χ4n) is 3.04. The molecule has 0 spiro atoms. The quantitative estimate of drug-likeness (QED) is 0.930. The van der Waals surface area contributed by atoms with Gasteiger partial charge in [-0.05, 0) is 25.0 Å². The molecule has 1 atom stereocenters. The lowest BCUT2D eigenvalue weighted by molar-refractivity contribution is -0.134. The molecule has 2 heterocycles. The Morgan fingerprint density at radius 1 is 1.43 bits per heavy atom. The summed E-state index contributed by atoms with van der Waals surface area (Å²) in [5.74, 6) is 0.140. The number of likely N-dealkylation sites (tertiary alicyclic amines) is 1. The van der Waals surface area contributed by atoms with Crippen LogP contribution in [0.4, 0.5) is 0 Å². The predicted molar refractivity (Wildman–Crippen MR) is 85.0 cm³/mol. The van der Waals surface area contributed by atoms with Crippen LogP contribution in [0.3, 0.4) is 0 Å². The Hall–Kier alpha value is -2.50. The number of rotatable bonds is 4. The second kappa shape index (κ2) is 6.32. The zero-order valence-electron chi connectivity index (χ0n) is 13.1. The number of amides is 2. The Morgan fingerprint density at radius 2 is 2.26 bits per heavy atom. The number of ether oxygens (including phenoxy) is 1. The van der Waals surface area contributed by atoms with Crippen molar-refractivity contribution in [1.29, 1.82) is 0 Å². The zero-order valence-corrected chi connectivity index (χ0v) is 13.1. The highest BCUT2D eigenvalue weighted by Gasteiger charge is 2.27. The number of furan rings is 1. The van der Waals surface area contributed by atoms with Gasteiger partial charge >= 0.3 is 0 Å². The van der Waals surface area contributed by atoms with E-state index in [1.54, 1.807) is 24.3 Å². The Morgan fingerprint density at radius 3 is 3.00 bits per heavy atom. The summed E-state index contributed by atoms with van der Waals surface area (Å²) >= 11 is 0. The van der Waals surface area contributed by atoms with Crippen molar-refractivity contribution in [3.63, 3.8) is 0 Å². The third-order valence-electron chi connectivity index (χ3n) is 4.38. The molecule has 1 unspecified atom stereocenters. The van der Waals surface area contributed by atoms with Gasteiger partial charge in [0.05, 0.1) is 25.7 Å². The van der Waals surface area contributed by atoms with Crippen LogP contribution < -0.4 is 10.5 Å². The predicted octanol–water partition coefficient (Wildman–Crippen LogP) is 1.71. The summed E-state index contributed by atoms with van der Waals surface area (Å²) in [7, 11) is 1.60. The minimum Gasteiger partial charge on any atom is -0.497 e. The number of carbonyl (C=O) groups is 2. The first kappa shape index (κ1) is 15.4. The molecule has 3 rings (SSSR count). The topological polar surface area (TPSA) is 85.8 Å². The average molecular weight is 316 g/mol. The molecule has 2 N–H and O–H groups in total. The van der Waals surface area contributed by atoms with Gasteiger partial charge in [0.15, 0.2) is 0 Å². The molecule has 1 aromatic carbocycles. The van der Waals surface area contributed by atoms with E-state index in [-0.39, 0.29) is 24.2 Å². The minimum atomic E-state index is -0.330. The van der Waals surface area contributed by atoms with Crippen molar-refractivity contribution in [1.82, 2.24) is 4.90 Å². The first-order valence-corrected chi connectivity index (χ1v) is 7.69. The van der Waals surface area contributed by atoms with E-state index in [9.17, 15) is 9.59 Å². The molecule has 1 aliphatic heterocycles. The van der Waals surface area contributed by atoms with Crippen LogP contribution in [0.15, 0.2) is 28.9 Å². The maximum absolute atomic E-state index is 12.5. The third-order valence-corrected chi connectivity index (χ3v) is 4.38. The molecule has 1 saturated heterocycles. The smallest absolute Gasteiger partial charge is 0.227 e. The van der Waals surface area contributed by atoms with E-state index in [0.717, 1.165) is 23.8 Å². The Kier molecular flexibility index (Phi) is 4.23. The highest BCUT2D eigenvalue weighted by atomic mass is 16.5. The van der Waals surface area contributed by atoms with Crippen molar-refractivity contribution in [2.75, 3.05) is 20.2 Å². The molecule has 0 bridgehead atoms. The van der Waals surface area contributed by atoms with Gasteiger partial charge in [-0.3, -0.25) is 9.59 Å². The lowest BCUT2D eigenvalue weighted by Crippen LogP contribution is -2.44. The normalized spacial score (nSPS) is 18.1. The summed E-state index contributed by atoms with van der Waals surface area (Å²) in [6, 6.07) is 5.53. The Balaban J connectivity index is 1.74. The molecule has 2 amide bonds. The van der Waals surface area contributed by atoms with E-state index in [0.29, 0.717) is 24.4 Å².